The van der Waals surface area contributed by atoms with Gasteiger partial charge in [-0.15, -0.1) is 0 Å². The lowest BCUT2D eigenvalue weighted by Crippen LogP contribution is -2.25. The van der Waals surface area contributed by atoms with Crippen molar-refractivity contribution < 1.29 is 4.74 Å². The number of nitrogens with one attached hydrogen (secondary N) is 1. The first-order valence-corrected chi connectivity index (χ1v) is 9.00. The molecule has 1 aliphatic rings. The molecule has 4 rings (SSSR count). The van der Waals surface area contributed by atoms with Crippen molar-refractivity contribution >= 4 is 5.69 Å². The van der Waals surface area contributed by atoms with Crippen molar-refractivity contribution in [1.29, 1.82) is 0 Å². The topological polar surface area (TPSA) is 37.4 Å². The Kier molecular flexibility index (Phi) is 4.84. The fraction of sp³-hybridized carbons (Fsp3) is 0.227. The van der Waals surface area contributed by atoms with Gasteiger partial charge in [-0.25, -0.2) is 4.98 Å². The lowest BCUT2D eigenvalue weighted by Gasteiger charge is -2.20. The molecular formula is C22H23N3O. The molecule has 132 valence electrons. The Morgan fingerprint density at radius 3 is 2.81 bits per heavy atom. The van der Waals surface area contributed by atoms with Gasteiger partial charge in [0.05, 0.1) is 11.9 Å². The molecule has 3 aromatic rings. The first-order chi connectivity index (χ1) is 12.8. The van der Waals surface area contributed by atoms with Crippen LogP contribution in [-0.4, -0.2) is 23.0 Å². The van der Waals surface area contributed by atoms with E-state index >= 15 is 0 Å². The average Bonchev–Trinajstić information content (AvgIpc) is 2.84. The molecule has 2 heterocycles. The second-order valence-electron chi connectivity index (χ2n) is 6.72. The maximum atomic E-state index is 5.90. The molecule has 4 heteroatoms. The van der Waals surface area contributed by atoms with Gasteiger partial charge in [0.25, 0.3) is 0 Å². The molecule has 0 unspecified atom stereocenters. The third-order valence-electron chi connectivity index (χ3n) is 4.56. The van der Waals surface area contributed by atoms with E-state index in [1.54, 1.807) is 0 Å². The fourth-order valence-electron chi connectivity index (χ4n) is 3.30. The molecule has 0 bridgehead atoms. The number of fused-ring (bicyclic) bond motifs is 1. The van der Waals surface area contributed by atoms with Crippen molar-refractivity contribution in [3.63, 3.8) is 0 Å². The molecule has 4 nitrogen and oxygen atoms in total. The summed E-state index contributed by atoms with van der Waals surface area (Å²) in [7, 11) is 0. The van der Waals surface area contributed by atoms with Crippen LogP contribution in [0.15, 0.2) is 66.9 Å². The number of aryl methyl sites for hydroxylation is 1. The van der Waals surface area contributed by atoms with Crippen molar-refractivity contribution in [3.8, 4) is 11.6 Å². The Morgan fingerprint density at radius 2 is 1.96 bits per heavy atom. The van der Waals surface area contributed by atoms with Gasteiger partial charge < -0.3 is 10.1 Å². The van der Waals surface area contributed by atoms with Crippen LogP contribution in [0.25, 0.3) is 0 Å². The van der Waals surface area contributed by atoms with E-state index in [2.05, 4.69) is 46.4 Å². The summed E-state index contributed by atoms with van der Waals surface area (Å²) in [6.45, 7) is 5.88. The Balaban J connectivity index is 1.52. The molecule has 0 amide bonds. The highest BCUT2D eigenvalue weighted by Crippen LogP contribution is 2.26. The van der Waals surface area contributed by atoms with Gasteiger partial charge in [-0.1, -0.05) is 48.0 Å². The fourth-order valence-corrected chi connectivity index (χ4v) is 3.30. The standard InChI is InChI=1S/C22H23N3O/c1-17-6-5-7-18(12-17)15-25-11-10-23-21-14-24-22(13-19(21)16-25)26-20-8-3-2-4-9-20/h2-9,12-14,23H,10-11,15-16H2,1H3. The number of rotatable bonds is 4. The number of ether oxygens (including phenoxy) is 1. The largest absolute Gasteiger partial charge is 0.439 e. The van der Waals surface area contributed by atoms with Crippen LogP contribution in [0, 0.1) is 6.92 Å². The maximum absolute atomic E-state index is 5.90. The maximum Gasteiger partial charge on any atom is 0.219 e. The SMILES string of the molecule is Cc1cccc(CN2CCNc3cnc(Oc4ccccc4)cc3C2)c1. The minimum absolute atomic E-state index is 0.633. The summed E-state index contributed by atoms with van der Waals surface area (Å²) < 4.78 is 5.90. The monoisotopic (exact) mass is 345 g/mol. The van der Waals surface area contributed by atoms with Crippen LogP contribution < -0.4 is 10.1 Å². The highest BCUT2D eigenvalue weighted by molar-refractivity contribution is 5.52. The summed E-state index contributed by atoms with van der Waals surface area (Å²) in [6, 6.07) is 20.6. The van der Waals surface area contributed by atoms with Crippen LogP contribution in [0.2, 0.25) is 0 Å². The molecule has 0 saturated carbocycles. The van der Waals surface area contributed by atoms with E-state index in [1.807, 2.05) is 42.6 Å². The smallest absolute Gasteiger partial charge is 0.219 e. The number of anilines is 1. The van der Waals surface area contributed by atoms with Crippen molar-refractivity contribution in [1.82, 2.24) is 9.88 Å². The summed E-state index contributed by atoms with van der Waals surface area (Å²) in [6.07, 6.45) is 1.88. The number of hydrogen-bond donors (Lipinski definition) is 1. The molecule has 0 aliphatic carbocycles. The summed E-state index contributed by atoms with van der Waals surface area (Å²) in [5.74, 6) is 1.44. The Labute approximate surface area is 154 Å². The molecular weight excluding hydrogens is 322 g/mol. The van der Waals surface area contributed by atoms with Crippen LogP contribution in [-0.2, 0) is 13.1 Å². The van der Waals surface area contributed by atoms with E-state index < -0.39 is 0 Å². The first kappa shape index (κ1) is 16.6. The van der Waals surface area contributed by atoms with Gasteiger partial charge in [-0.05, 0) is 30.2 Å². The van der Waals surface area contributed by atoms with E-state index in [-0.39, 0.29) is 0 Å². The van der Waals surface area contributed by atoms with E-state index in [4.69, 9.17) is 4.74 Å². The zero-order valence-electron chi connectivity index (χ0n) is 15.0. The molecule has 0 atom stereocenters. The van der Waals surface area contributed by atoms with Gasteiger partial charge in [0.1, 0.15) is 5.75 Å². The number of pyridine rings is 1. The molecule has 0 radical (unpaired) electrons. The number of para-hydroxylation sites is 1. The Bertz CT molecular complexity index is 880. The molecule has 1 N–H and O–H groups in total. The number of benzene rings is 2. The van der Waals surface area contributed by atoms with Gasteiger partial charge in [0.2, 0.25) is 5.88 Å². The Morgan fingerprint density at radius 1 is 1.08 bits per heavy atom. The van der Waals surface area contributed by atoms with E-state index in [0.717, 1.165) is 37.6 Å². The van der Waals surface area contributed by atoms with Crippen LogP contribution >= 0.6 is 0 Å². The van der Waals surface area contributed by atoms with Gasteiger partial charge in [0, 0.05) is 32.2 Å². The third kappa shape index (κ3) is 4.03. The second kappa shape index (κ2) is 7.58. The van der Waals surface area contributed by atoms with Gasteiger partial charge in [-0.3, -0.25) is 4.90 Å². The van der Waals surface area contributed by atoms with Crippen LogP contribution in [0.1, 0.15) is 16.7 Å². The predicted octanol–water partition coefficient (Wildman–Crippen LogP) is 4.61. The molecule has 0 fully saturated rings. The minimum Gasteiger partial charge on any atom is -0.439 e. The minimum atomic E-state index is 0.633. The van der Waals surface area contributed by atoms with Gasteiger partial charge in [0.15, 0.2) is 0 Å². The van der Waals surface area contributed by atoms with Gasteiger partial charge in [-0.2, -0.15) is 0 Å². The molecule has 0 saturated heterocycles. The van der Waals surface area contributed by atoms with Gasteiger partial charge >= 0.3 is 0 Å². The van der Waals surface area contributed by atoms with E-state index in [0.29, 0.717) is 5.88 Å². The first-order valence-electron chi connectivity index (χ1n) is 9.00. The molecule has 1 aromatic heterocycles. The molecule has 1 aliphatic heterocycles. The summed E-state index contributed by atoms with van der Waals surface area (Å²) in [5.41, 5.74) is 4.97. The Hall–Kier alpha value is -2.85. The van der Waals surface area contributed by atoms with E-state index in [9.17, 15) is 0 Å². The van der Waals surface area contributed by atoms with Crippen LogP contribution in [0.5, 0.6) is 11.6 Å². The highest BCUT2D eigenvalue weighted by Gasteiger charge is 2.16. The summed E-state index contributed by atoms with van der Waals surface area (Å²) >= 11 is 0. The lowest BCUT2D eigenvalue weighted by atomic mass is 10.1. The average molecular weight is 345 g/mol. The number of aromatic nitrogens is 1. The zero-order valence-corrected chi connectivity index (χ0v) is 15.0. The quantitative estimate of drug-likeness (QED) is 0.749. The highest BCUT2D eigenvalue weighted by atomic mass is 16.5. The third-order valence-corrected chi connectivity index (χ3v) is 4.56. The van der Waals surface area contributed by atoms with E-state index in [1.165, 1.54) is 16.7 Å². The second-order valence-corrected chi connectivity index (χ2v) is 6.72. The van der Waals surface area contributed by atoms with Crippen LogP contribution in [0.4, 0.5) is 5.69 Å². The summed E-state index contributed by atoms with van der Waals surface area (Å²) in [5, 5.41) is 3.48. The predicted molar refractivity (Wildman–Crippen MR) is 105 cm³/mol. The normalized spacial score (nSPS) is 14.2. The van der Waals surface area contributed by atoms with Crippen molar-refractivity contribution in [2.45, 2.75) is 20.0 Å². The van der Waals surface area contributed by atoms with Crippen molar-refractivity contribution in [2.75, 3.05) is 18.4 Å². The van der Waals surface area contributed by atoms with Crippen molar-refractivity contribution in [3.05, 3.63) is 83.6 Å². The number of nitrogens with zero attached hydrogens (tertiary/aromatic N) is 2. The summed E-state index contributed by atoms with van der Waals surface area (Å²) in [4.78, 5) is 6.90. The molecule has 26 heavy (non-hydrogen) atoms. The molecule has 0 spiro atoms. The zero-order chi connectivity index (χ0) is 17.8. The lowest BCUT2D eigenvalue weighted by molar-refractivity contribution is 0.271. The van der Waals surface area contributed by atoms with Crippen LogP contribution in [0.3, 0.4) is 0 Å². The number of hydrogen-bond acceptors (Lipinski definition) is 4. The molecule has 2 aromatic carbocycles. The van der Waals surface area contributed by atoms with Crippen molar-refractivity contribution in [2.24, 2.45) is 0 Å².